The zero-order chi connectivity index (χ0) is 23.8. The van der Waals surface area contributed by atoms with Gasteiger partial charge in [0.15, 0.2) is 0 Å². The highest BCUT2D eigenvalue weighted by molar-refractivity contribution is 6.31. The quantitative estimate of drug-likeness (QED) is 0.411. The zero-order valence-corrected chi connectivity index (χ0v) is 21.0. The Morgan fingerprint density at radius 3 is 2.41 bits per heavy atom. The number of hydrazine groups is 1. The van der Waals surface area contributed by atoms with E-state index in [1.807, 2.05) is 30.3 Å². The molecule has 1 saturated carbocycles. The van der Waals surface area contributed by atoms with Gasteiger partial charge in [0, 0.05) is 23.2 Å². The summed E-state index contributed by atoms with van der Waals surface area (Å²) in [6.45, 7) is 2.62. The number of rotatable bonds is 8. The van der Waals surface area contributed by atoms with Crippen molar-refractivity contribution < 1.29 is 9.47 Å². The summed E-state index contributed by atoms with van der Waals surface area (Å²) in [5.41, 5.74) is 4.43. The third kappa shape index (κ3) is 7.11. The van der Waals surface area contributed by atoms with Gasteiger partial charge in [-0.3, -0.25) is 4.90 Å². The molecule has 1 aliphatic heterocycles. The third-order valence-electron chi connectivity index (χ3n) is 6.56. The Morgan fingerprint density at radius 2 is 1.71 bits per heavy atom. The number of ether oxygens (including phenoxy) is 2. The molecule has 0 radical (unpaired) electrons. The summed E-state index contributed by atoms with van der Waals surface area (Å²) < 4.78 is 12.0. The van der Waals surface area contributed by atoms with Gasteiger partial charge in [-0.2, -0.15) is 0 Å². The van der Waals surface area contributed by atoms with E-state index in [0.29, 0.717) is 34.1 Å². The minimum atomic E-state index is -0.252. The van der Waals surface area contributed by atoms with Gasteiger partial charge in [-0.25, -0.2) is 10.4 Å². The zero-order valence-electron chi connectivity index (χ0n) is 19.5. The predicted molar refractivity (Wildman–Crippen MR) is 138 cm³/mol. The standard InChI is InChI=1S/C27H33Cl2N3O2/c1-2-16-33-27(18-32-20-31(19-30-32)22-8-6-4-3-5-7-9-22)25-15-14-24(17-26(25)29)34-23-12-10-21(28)11-13-23/h1,10-15,17,22,27,30H,3-9,16,18-20H2. The molecule has 1 unspecified atom stereocenters. The number of hydrogen-bond donors (Lipinski definition) is 1. The van der Waals surface area contributed by atoms with Crippen LogP contribution in [0.3, 0.4) is 0 Å². The van der Waals surface area contributed by atoms with Gasteiger partial charge in [0.05, 0.1) is 24.5 Å². The number of nitrogens with zero attached hydrogens (tertiary/aromatic N) is 2. The van der Waals surface area contributed by atoms with Crippen LogP contribution in [0.2, 0.25) is 10.0 Å². The Morgan fingerprint density at radius 1 is 1.00 bits per heavy atom. The van der Waals surface area contributed by atoms with E-state index < -0.39 is 0 Å². The molecular weight excluding hydrogens is 469 g/mol. The van der Waals surface area contributed by atoms with Crippen molar-refractivity contribution in [3.63, 3.8) is 0 Å². The molecular formula is C27H33Cl2N3O2. The van der Waals surface area contributed by atoms with E-state index in [1.54, 1.807) is 12.1 Å². The average molecular weight is 502 g/mol. The summed E-state index contributed by atoms with van der Waals surface area (Å²) in [6.07, 6.45) is 14.6. The van der Waals surface area contributed by atoms with Gasteiger partial charge in [0.1, 0.15) is 18.1 Å². The maximum Gasteiger partial charge on any atom is 0.128 e. The van der Waals surface area contributed by atoms with Crippen LogP contribution in [-0.2, 0) is 4.74 Å². The molecule has 1 atom stereocenters. The highest BCUT2D eigenvalue weighted by atomic mass is 35.5. The summed E-state index contributed by atoms with van der Waals surface area (Å²) in [4.78, 5) is 2.55. The molecule has 5 nitrogen and oxygen atoms in total. The minimum absolute atomic E-state index is 0.226. The molecule has 2 aromatic rings. The molecule has 2 fully saturated rings. The summed E-state index contributed by atoms with van der Waals surface area (Å²) in [5.74, 6) is 3.94. The van der Waals surface area contributed by atoms with Crippen LogP contribution >= 0.6 is 23.2 Å². The van der Waals surface area contributed by atoms with Crippen LogP contribution in [0.25, 0.3) is 0 Å². The van der Waals surface area contributed by atoms with Crippen molar-refractivity contribution in [1.29, 1.82) is 0 Å². The Balaban J connectivity index is 1.40. The molecule has 1 saturated heterocycles. The second kappa shape index (κ2) is 12.8. The number of halogens is 2. The molecule has 182 valence electrons. The molecule has 2 aromatic carbocycles. The van der Waals surface area contributed by atoms with E-state index >= 15 is 0 Å². The van der Waals surface area contributed by atoms with Gasteiger partial charge >= 0.3 is 0 Å². The maximum absolute atomic E-state index is 6.68. The first-order valence-electron chi connectivity index (χ1n) is 12.1. The second-order valence-corrected chi connectivity index (χ2v) is 9.85. The van der Waals surface area contributed by atoms with E-state index in [1.165, 1.54) is 44.9 Å². The van der Waals surface area contributed by atoms with E-state index in [0.717, 1.165) is 18.9 Å². The van der Waals surface area contributed by atoms with Gasteiger partial charge in [0.2, 0.25) is 0 Å². The normalized spacial score (nSPS) is 19.3. The molecule has 1 N–H and O–H groups in total. The molecule has 4 rings (SSSR count). The molecule has 0 aromatic heterocycles. The van der Waals surface area contributed by atoms with Crippen LogP contribution in [0.5, 0.6) is 11.5 Å². The Kier molecular flexibility index (Phi) is 9.52. The Bertz CT molecular complexity index is 955. The Labute approximate surface area is 213 Å². The SMILES string of the molecule is C#CCOC(CN1CN(C2CCCCCCC2)CN1)c1ccc(Oc2ccc(Cl)cc2)cc1Cl. The van der Waals surface area contributed by atoms with E-state index in [9.17, 15) is 0 Å². The third-order valence-corrected chi connectivity index (χ3v) is 7.14. The molecule has 1 aliphatic carbocycles. The fraction of sp³-hybridized carbons (Fsp3) is 0.481. The van der Waals surface area contributed by atoms with Gasteiger partial charge < -0.3 is 9.47 Å². The summed E-state index contributed by atoms with van der Waals surface area (Å²) in [5, 5.41) is 3.47. The lowest BCUT2D eigenvalue weighted by atomic mass is 9.96. The second-order valence-electron chi connectivity index (χ2n) is 9.01. The predicted octanol–water partition coefficient (Wildman–Crippen LogP) is 6.63. The van der Waals surface area contributed by atoms with Crippen molar-refractivity contribution in [2.24, 2.45) is 0 Å². The van der Waals surface area contributed by atoms with Crippen LogP contribution < -0.4 is 10.2 Å². The lowest BCUT2D eigenvalue weighted by molar-refractivity contribution is 0.0331. The fourth-order valence-corrected chi connectivity index (χ4v) is 5.16. The monoisotopic (exact) mass is 501 g/mol. The molecule has 2 aliphatic rings. The first-order chi connectivity index (χ1) is 16.6. The van der Waals surface area contributed by atoms with Crippen LogP contribution in [0.4, 0.5) is 0 Å². The van der Waals surface area contributed by atoms with Crippen LogP contribution in [0.15, 0.2) is 42.5 Å². The number of terminal acetylenes is 1. The van der Waals surface area contributed by atoms with Crippen molar-refractivity contribution in [1.82, 2.24) is 15.3 Å². The number of benzene rings is 2. The molecule has 34 heavy (non-hydrogen) atoms. The lowest BCUT2D eigenvalue weighted by Crippen LogP contribution is -2.37. The summed E-state index contributed by atoms with van der Waals surface area (Å²) in [7, 11) is 0. The van der Waals surface area contributed by atoms with Gasteiger partial charge in [0.25, 0.3) is 0 Å². The van der Waals surface area contributed by atoms with Crippen molar-refractivity contribution in [2.45, 2.75) is 57.1 Å². The van der Waals surface area contributed by atoms with E-state index in [2.05, 4.69) is 21.3 Å². The average Bonchev–Trinajstić information content (AvgIpc) is 3.27. The minimum Gasteiger partial charge on any atom is -0.457 e. The van der Waals surface area contributed by atoms with Crippen molar-refractivity contribution in [2.75, 3.05) is 26.5 Å². The summed E-state index contributed by atoms with van der Waals surface area (Å²) in [6, 6.07) is 13.6. The first kappa shape index (κ1) is 25.3. The van der Waals surface area contributed by atoms with E-state index in [-0.39, 0.29) is 12.7 Å². The van der Waals surface area contributed by atoms with Crippen LogP contribution in [0, 0.1) is 12.3 Å². The molecule has 0 spiro atoms. The summed E-state index contributed by atoms with van der Waals surface area (Å²) >= 11 is 12.6. The smallest absolute Gasteiger partial charge is 0.128 e. The first-order valence-corrected chi connectivity index (χ1v) is 12.9. The number of nitrogens with one attached hydrogen (secondary N) is 1. The topological polar surface area (TPSA) is 37.0 Å². The largest absolute Gasteiger partial charge is 0.457 e. The molecule has 0 amide bonds. The molecule has 7 heteroatoms. The van der Waals surface area contributed by atoms with E-state index in [4.69, 9.17) is 39.1 Å². The van der Waals surface area contributed by atoms with Gasteiger partial charge in [-0.05, 0) is 49.2 Å². The molecule has 1 heterocycles. The number of hydrogen-bond acceptors (Lipinski definition) is 5. The highest BCUT2D eigenvalue weighted by Gasteiger charge is 2.29. The van der Waals surface area contributed by atoms with Crippen molar-refractivity contribution in [3.05, 3.63) is 58.1 Å². The van der Waals surface area contributed by atoms with Crippen LogP contribution in [0.1, 0.15) is 56.6 Å². The van der Waals surface area contributed by atoms with Gasteiger partial charge in [-0.15, -0.1) is 6.42 Å². The lowest BCUT2D eigenvalue weighted by Gasteiger charge is -2.29. The van der Waals surface area contributed by atoms with Crippen molar-refractivity contribution >= 4 is 23.2 Å². The van der Waals surface area contributed by atoms with Crippen LogP contribution in [-0.4, -0.2) is 42.4 Å². The van der Waals surface area contributed by atoms with Crippen molar-refractivity contribution in [3.8, 4) is 23.8 Å². The highest BCUT2D eigenvalue weighted by Crippen LogP contribution is 2.33. The molecule has 0 bridgehead atoms. The fourth-order valence-electron chi connectivity index (χ4n) is 4.74. The Hall–Kier alpha value is -1.78. The van der Waals surface area contributed by atoms with Gasteiger partial charge in [-0.1, -0.05) is 67.3 Å². The maximum atomic E-state index is 6.68.